The van der Waals surface area contributed by atoms with Gasteiger partial charge in [0.1, 0.15) is 0 Å². The molecule has 0 amide bonds. The van der Waals surface area contributed by atoms with E-state index in [9.17, 15) is 0 Å². The first-order chi connectivity index (χ1) is 8.75. The summed E-state index contributed by atoms with van der Waals surface area (Å²) in [6.07, 6.45) is 5.44. The number of rotatable bonds is 7. The highest BCUT2D eigenvalue weighted by Crippen LogP contribution is 2.23. The fourth-order valence-corrected chi connectivity index (χ4v) is 2.18. The normalized spacial score (nSPS) is 15.9. The highest BCUT2D eigenvalue weighted by molar-refractivity contribution is 5.26. The Morgan fingerprint density at radius 2 is 1.94 bits per heavy atom. The zero-order valence-electron chi connectivity index (χ0n) is 11.6. The number of nitrogens with one attached hydrogen (secondary N) is 1. The lowest BCUT2D eigenvalue weighted by molar-refractivity contribution is -0.00893. The molecule has 0 unspecified atom stereocenters. The molecule has 2 rings (SSSR count). The average Bonchev–Trinajstić information content (AvgIpc) is 2.28. The molecule has 0 aliphatic heterocycles. The molecule has 1 fully saturated rings. The predicted molar refractivity (Wildman–Crippen MR) is 75.7 cm³/mol. The van der Waals surface area contributed by atoms with Crippen molar-refractivity contribution >= 4 is 0 Å². The van der Waals surface area contributed by atoms with Crippen LogP contribution >= 0.6 is 0 Å². The van der Waals surface area contributed by atoms with Crippen LogP contribution in [-0.2, 0) is 17.8 Å². The minimum Gasteiger partial charge on any atom is -0.374 e. The largest absolute Gasteiger partial charge is 0.374 e. The highest BCUT2D eigenvalue weighted by Gasteiger charge is 2.18. The van der Waals surface area contributed by atoms with Gasteiger partial charge in [0, 0.05) is 6.04 Å². The molecule has 1 aliphatic rings. The minimum atomic E-state index is 0.520. The van der Waals surface area contributed by atoms with Gasteiger partial charge in [-0.25, -0.2) is 0 Å². The summed E-state index contributed by atoms with van der Waals surface area (Å²) in [7, 11) is 0. The molecule has 2 heteroatoms. The van der Waals surface area contributed by atoms with Gasteiger partial charge < -0.3 is 10.1 Å². The molecule has 18 heavy (non-hydrogen) atoms. The second-order valence-corrected chi connectivity index (χ2v) is 5.49. The van der Waals surface area contributed by atoms with Crippen LogP contribution in [0.2, 0.25) is 0 Å². The molecular formula is C16H25NO. The summed E-state index contributed by atoms with van der Waals surface area (Å²) < 4.78 is 5.91. The van der Waals surface area contributed by atoms with Gasteiger partial charge in [0.2, 0.25) is 0 Å². The maximum absolute atomic E-state index is 5.91. The molecule has 0 aromatic heterocycles. The zero-order valence-corrected chi connectivity index (χ0v) is 11.6. The van der Waals surface area contributed by atoms with E-state index >= 15 is 0 Å². The molecule has 1 aliphatic carbocycles. The summed E-state index contributed by atoms with van der Waals surface area (Å²) in [4.78, 5) is 0. The van der Waals surface area contributed by atoms with Crippen molar-refractivity contribution in [3.05, 3.63) is 35.4 Å². The van der Waals surface area contributed by atoms with Crippen LogP contribution < -0.4 is 5.32 Å². The van der Waals surface area contributed by atoms with Gasteiger partial charge in [-0.1, -0.05) is 38.1 Å². The lowest BCUT2D eigenvalue weighted by Gasteiger charge is -2.26. The SMILES string of the molecule is CC(C)NCCc1ccccc1COC1CCC1. The van der Waals surface area contributed by atoms with Gasteiger partial charge in [0.15, 0.2) is 0 Å². The first-order valence-electron chi connectivity index (χ1n) is 7.17. The van der Waals surface area contributed by atoms with E-state index in [0.29, 0.717) is 12.1 Å². The number of hydrogen-bond acceptors (Lipinski definition) is 2. The summed E-state index contributed by atoms with van der Waals surface area (Å²) in [6.45, 7) is 6.19. The molecular weight excluding hydrogens is 222 g/mol. The summed E-state index contributed by atoms with van der Waals surface area (Å²) in [5.74, 6) is 0. The molecule has 1 aromatic rings. The molecule has 0 heterocycles. The van der Waals surface area contributed by atoms with Gasteiger partial charge in [-0.15, -0.1) is 0 Å². The molecule has 0 atom stereocenters. The first kappa shape index (κ1) is 13.6. The Kier molecular flexibility index (Phi) is 5.21. The predicted octanol–water partition coefficient (Wildman–Crippen LogP) is 3.30. The maximum atomic E-state index is 5.91. The monoisotopic (exact) mass is 247 g/mol. The van der Waals surface area contributed by atoms with Crippen molar-refractivity contribution in [2.24, 2.45) is 0 Å². The molecule has 2 nitrogen and oxygen atoms in total. The van der Waals surface area contributed by atoms with Crippen LogP contribution in [0.15, 0.2) is 24.3 Å². The smallest absolute Gasteiger partial charge is 0.0723 e. The van der Waals surface area contributed by atoms with E-state index in [0.717, 1.165) is 19.6 Å². The van der Waals surface area contributed by atoms with Crippen LogP contribution in [0.4, 0.5) is 0 Å². The van der Waals surface area contributed by atoms with Gasteiger partial charge in [0.05, 0.1) is 12.7 Å². The van der Waals surface area contributed by atoms with Crippen LogP contribution in [0.3, 0.4) is 0 Å². The van der Waals surface area contributed by atoms with E-state index in [-0.39, 0.29) is 0 Å². The number of hydrogen-bond donors (Lipinski definition) is 1. The van der Waals surface area contributed by atoms with Crippen molar-refractivity contribution in [3.63, 3.8) is 0 Å². The van der Waals surface area contributed by atoms with Gasteiger partial charge in [-0.05, 0) is 43.4 Å². The third-order valence-electron chi connectivity index (χ3n) is 3.59. The Hall–Kier alpha value is -0.860. The Morgan fingerprint density at radius 1 is 1.22 bits per heavy atom. The number of ether oxygens (including phenoxy) is 1. The molecule has 1 N–H and O–H groups in total. The van der Waals surface area contributed by atoms with Gasteiger partial charge in [0.25, 0.3) is 0 Å². The standard InChI is InChI=1S/C16H25NO/c1-13(2)17-11-10-14-6-3-4-7-15(14)12-18-16-8-5-9-16/h3-4,6-7,13,16-17H,5,8-12H2,1-2H3. The van der Waals surface area contributed by atoms with Crippen LogP contribution in [0.25, 0.3) is 0 Å². The molecule has 1 aromatic carbocycles. The van der Waals surface area contributed by atoms with Crippen molar-refractivity contribution in [2.45, 2.75) is 58.3 Å². The maximum Gasteiger partial charge on any atom is 0.0723 e. The fourth-order valence-electron chi connectivity index (χ4n) is 2.18. The summed E-state index contributed by atoms with van der Waals surface area (Å²) in [6, 6.07) is 9.21. The lowest BCUT2D eigenvalue weighted by atomic mass is 9.96. The molecule has 0 radical (unpaired) electrons. The lowest BCUT2D eigenvalue weighted by Crippen LogP contribution is -2.25. The molecule has 0 spiro atoms. The van der Waals surface area contributed by atoms with E-state index < -0.39 is 0 Å². The Morgan fingerprint density at radius 3 is 2.56 bits per heavy atom. The highest BCUT2D eigenvalue weighted by atomic mass is 16.5. The van der Waals surface area contributed by atoms with E-state index in [2.05, 4.69) is 43.4 Å². The van der Waals surface area contributed by atoms with Crippen LogP contribution in [-0.4, -0.2) is 18.7 Å². The molecule has 1 saturated carbocycles. The first-order valence-corrected chi connectivity index (χ1v) is 7.17. The van der Waals surface area contributed by atoms with Gasteiger partial charge in [-0.2, -0.15) is 0 Å². The van der Waals surface area contributed by atoms with E-state index in [4.69, 9.17) is 4.74 Å². The fraction of sp³-hybridized carbons (Fsp3) is 0.625. The second kappa shape index (κ2) is 6.91. The third kappa shape index (κ3) is 4.11. The van der Waals surface area contributed by atoms with E-state index in [1.54, 1.807) is 0 Å². The van der Waals surface area contributed by atoms with Gasteiger partial charge >= 0.3 is 0 Å². The molecule has 0 saturated heterocycles. The second-order valence-electron chi connectivity index (χ2n) is 5.49. The van der Waals surface area contributed by atoms with Crippen LogP contribution in [0.5, 0.6) is 0 Å². The van der Waals surface area contributed by atoms with Crippen LogP contribution in [0.1, 0.15) is 44.2 Å². The summed E-state index contributed by atoms with van der Waals surface area (Å²) in [5.41, 5.74) is 2.78. The Balaban J connectivity index is 1.83. The Labute approximate surface area is 111 Å². The summed E-state index contributed by atoms with van der Waals surface area (Å²) in [5, 5.41) is 3.47. The Bertz CT molecular complexity index is 358. The van der Waals surface area contributed by atoms with Crippen molar-refractivity contribution in [2.75, 3.05) is 6.54 Å². The third-order valence-corrected chi connectivity index (χ3v) is 3.59. The van der Waals surface area contributed by atoms with E-state index in [1.165, 1.54) is 30.4 Å². The number of benzene rings is 1. The van der Waals surface area contributed by atoms with Crippen molar-refractivity contribution in [1.29, 1.82) is 0 Å². The van der Waals surface area contributed by atoms with Crippen molar-refractivity contribution < 1.29 is 4.74 Å². The van der Waals surface area contributed by atoms with Gasteiger partial charge in [-0.3, -0.25) is 0 Å². The molecule has 0 bridgehead atoms. The average molecular weight is 247 g/mol. The summed E-state index contributed by atoms with van der Waals surface area (Å²) >= 11 is 0. The van der Waals surface area contributed by atoms with Crippen molar-refractivity contribution in [3.8, 4) is 0 Å². The van der Waals surface area contributed by atoms with Crippen LogP contribution in [0, 0.1) is 0 Å². The topological polar surface area (TPSA) is 21.3 Å². The minimum absolute atomic E-state index is 0.520. The molecule has 100 valence electrons. The quantitative estimate of drug-likeness (QED) is 0.798. The zero-order chi connectivity index (χ0) is 12.8. The van der Waals surface area contributed by atoms with Crippen molar-refractivity contribution in [1.82, 2.24) is 5.32 Å². The van der Waals surface area contributed by atoms with E-state index in [1.807, 2.05) is 0 Å².